The van der Waals surface area contributed by atoms with E-state index in [0.717, 1.165) is 42.7 Å². The van der Waals surface area contributed by atoms with Gasteiger partial charge in [0, 0.05) is 24.5 Å². The number of ether oxygens (including phenoxy) is 1. The van der Waals surface area contributed by atoms with Crippen molar-refractivity contribution in [2.24, 2.45) is 0 Å². The van der Waals surface area contributed by atoms with Gasteiger partial charge in [-0.25, -0.2) is 9.59 Å². The predicted octanol–water partition coefficient (Wildman–Crippen LogP) is 3.76. The molecular formula is C27H35N3O5. The third kappa shape index (κ3) is 5.60. The number of benzene rings is 2. The first-order valence-corrected chi connectivity index (χ1v) is 12.2. The SMILES string of the molecule is CN(C)C1(c2ccccc2)CCC(NCc2ccc(O[C@H]3C[C@@H](C(=O)O)N(C(=O)O)C3)cc2)CC1. The predicted molar refractivity (Wildman–Crippen MR) is 133 cm³/mol. The lowest BCUT2D eigenvalue weighted by Crippen LogP contribution is -2.47. The third-order valence-corrected chi connectivity index (χ3v) is 7.59. The quantitative estimate of drug-likeness (QED) is 0.528. The van der Waals surface area contributed by atoms with Crippen LogP contribution < -0.4 is 10.1 Å². The van der Waals surface area contributed by atoms with Crippen molar-refractivity contribution in [3.63, 3.8) is 0 Å². The molecular weight excluding hydrogens is 446 g/mol. The van der Waals surface area contributed by atoms with Crippen LogP contribution in [-0.4, -0.2) is 70.9 Å². The number of carbonyl (C=O) groups is 2. The zero-order valence-electron chi connectivity index (χ0n) is 20.4. The molecule has 2 aliphatic rings. The Kier molecular flexibility index (Phi) is 7.62. The molecule has 0 bridgehead atoms. The Morgan fingerprint density at radius 3 is 2.26 bits per heavy atom. The number of amides is 1. The van der Waals surface area contributed by atoms with E-state index in [1.165, 1.54) is 5.56 Å². The Bertz CT molecular complexity index is 981. The number of nitrogens with zero attached hydrogens (tertiary/aromatic N) is 2. The normalized spacial score (nSPS) is 26.6. The molecule has 0 spiro atoms. The summed E-state index contributed by atoms with van der Waals surface area (Å²) >= 11 is 0. The number of rotatable bonds is 8. The average molecular weight is 482 g/mol. The lowest BCUT2D eigenvalue weighted by atomic mass is 9.74. The average Bonchev–Trinajstić information content (AvgIpc) is 3.29. The second-order valence-corrected chi connectivity index (χ2v) is 9.86. The van der Waals surface area contributed by atoms with Crippen molar-refractivity contribution in [3.8, 4) is 5.75 Å². The summed E-state index contributed by atoms with van der Waals surface area (Å²) in [5.74, 6) is -0.527. The molecule has 0 aromatic heterocycles. The Balaban J connectivity index is 1.27. The molecule has 3 N–H and O–H groups in total. The van der Waals surface area contributed by atoms with Crippen LogP contribution in [0.25, 0.3) is 0 Å². The van der Waals surface area contributed by atoms with Gasteiger partial charge in [-0.1, -0.05) is 42.5 Å². The molecule has 188 valence electrons. The van der Waals surface area contributed by atoms with E-state index >= 15 is 0 Å². The van der Waals surface area contributed by atoms with E-state index in [2.05, 4.69) is 54.6 Å². The molecule has 1 amide bonds. The summed E-state index contributed by atoms with van der Waals surface area (Å²) in [6.45, 7) is 0.817. The topological polar surface area (TPSA) is 102 Å². The maximum Gasteiger partial charge on any atom is 0.408 e. The molecule has 4 rings (SSSR count). The number of carboxylic acids is 1. The zero-order chi connectivity index (χ0) is 25.0. The monoisotopic (exact) mass is 481 g/mol. The van der Waals surface area contributed by atoms with Crippen LogP contribution in [0.4, 0.5) is 4.79 Å². The molecule has 1 heterocycles. The van der Waals surface area contributed by atoms with E-state index in [1.54, 1.807) is 0 Å². The van der Waals surface area contributed by atoms with Crippen molar-refractivity contribution in [2.75, 3.05) is 20.6 Å². The van der Waals surface area contributed by atoms with Gasteiger partial charge in [0.15, 0.2) is 0 Å². The van der Waals surface area contributed by atoms with Crippen molar-refractivity contribution in [1.29, 1.82) is 0 Å². The molecule has 8 nitrogen and oxygen atoms in total. The molecule has 2 atom stereocenters. The summed E-state index contributed by atoms with van der Waals surface area (Å²) in [6.07, 6.45) is 2.88. The van der Waals surface area contributed by atoms with E-state index in [4.69, 9.17) is 4.74 Å². The molecule has 2 fully saturated rings. The van der Waals surface area contributed by atoms with Gasteiger partial charge >= 0.3 is 12.1 Å². The van der Waals surface area contributed by atoms with Gasteiger partial charge in [0.2, 0.25) is 0 Å². The van der Waals surface area contributed by atoms with Crippen molar-refractivity contribution in [3.05, 3.63) is 65.7 Å². The van der Waals surface area contributed by atoms with Crippen LogP contribution in [0.5, 0.6) is 5.75 Å². The highest BCUT2D eigenvalue weighted by molar-refractivity contribution is 5.80. The van der Waals surface area contributed by atoms with Gasteiger partial charge < -0.3 is 20.3 Å². The summed E-state index contributed by atoms with van der Waals surface area (Å²) in [7, 11) is 4.36. The lowest BCUT2D eigenvalue weighted by molar-refractivity contribution is -0.141. The highest BCUT2D eigenvalue weighted by atomic mass is 16.5. The van der Waals surface area contributed by atoms with Gasteiger partial charge in [0.25, 0.3) is 0 Å². The van der Waals surface area contributed by atoms with E-state index in [-0.39, 0.29) is 18.5 Å². The summed E-state index contributed by atoms with van der Waals surface area (Å²) in [4.78, 5) is 25.9. The minimum absolute atomic E-state index is 0.0503. The van der Waals surface area contributed by atoms with Gasteiger partial charge in [-0.05, 0) is 63.0 Å². The van der Waals surface area contributed by atoms with Gasteiger partial charge in [-0.3, -0.25) is 9.80 Å². The highest BCUT2D eigenvalue weighted by Crippen LogP contribution is 2.41. The summed E-state index contributed by atoms with van der Waals surface area (Å²) in [5.41, 5.74) is 2.63. The van der Waals surface area contributed by atoms with Gasteiger partial charge in [0.05, 0.1) is 6.54 Å². The van der Waals surface area contributed by atoms with Gasteiger partial charge in [-0.15, -0.1) is 0 Å². The smallest absolute Gasteiger partial charge is 0.408 e. The molecule has 0 radical (unpaired) electrons. The molecule has 2 aromatic carbocycles. The van der Waals surface area contributed by atoms with Gasteiger partial charge in [0.1, 0.15) is 17.9 Å². The van der Waals surface area contributed by atoms with Crippen LogP contribution in [0.1, 0.15) is 43.2 Å². The van der Waals surface area contributed by atoms with Crippen molar-refractivity contribution in [2.45, 2.75) is 62.4 Å². The fourth-order valence-electron chi connectivity index (χ4n) is 5.51. The number of hydrogen-bond acceptors (Lipinski definition) is 5. The number of aliphatic carboxylic acids is 1. The Labute approximate surface area is 206 Å². The van der Waals surface area contributed by atoms with Crippen molar-refractivity contribution in [1.82, 2.24) is 15.1 Å². The van der Waals surface area contributed by atoms with E-state index < -0.39 is 24.2 Å². The maximum atomic E-state index is 11.3. The van der Waals surface area contributed by atoms with E-state index in [9.17, 15) is 19.8 Å². The molecule has 1 saturated carbocycles. The second-order valence-electron chi connectivity index (χ2n) is 9.86. The first-order valence-electron chi connectivity index (χ1n) is 12.2. The van der Waals surface area contributed by atoms with E-state index in [1.807, 2.05) is 24.3 Å². The van der Waals surface area contributed by atoms with Crippen LogP contribution in [0.15, 0.2) is 54.6 Å². The number of carboxylic acid groups (broad SMARTS) is 2. The van der Waals surface area contributed by atoms with Crippen LogP contribution in [0.3, 0.4) is 0 Å². The molecule has 1 aliphatic carbocycles. The van der Waals surface area contributed by atoms with Gasteiger partial charge in [-0.2, -0.15) is 0 Å². The first kappa shape index (κ1) is 25.0. The minimum atomic E-state index is -1.24. The fourth-order valence-corrected chi connectivity index (χ4v) is 5.51. The molecule has 0 unspecified atom stereocenters. The van der Waals surface area contributed by atoms with Crippen LogP contribution in [0.2, 0.25) is 0 Å². The number of nitrogens with one attached hydrogen (secondary N) is 1. The second kappa shape index (κ2) is 10.7. The van der Waals surface area contributed by atoms with Crippen LogP contribution in [-0.2, 0) is 16.9 Å². The minimum Gasteiger partial charge on any atom is -0.488 e. The molecule has 1 aliphatic heterocycles. The molecule has 35 heavy (non-hydrogen) atoms. The van der Waals surface area contributed by atoms with E-state index in [0.29, 0.717) is 11.8 Å². The standard InChI is InChI=1S/C27H35N3O5/c1-29(2)27(20-6-4-3-5-7-20)14-12-21(13-15-27)28-17-19-8-10-22(11-9-19)35-23-16-24(25(31)32)30(18-23)26(33)34/h3-11,21,23-24,28H,12-18H2,1-2H3,(H,31,32)(H,33,34)/t21?,23-,24-,27?/m0/s1. The van der Waals surface area contributed by atoms with Crippen LogP contribution >= 0.6 is 0 Å². The molecule has 8 heteroatoms. The van der Waals surface area contributed by atoms with Crippen molar-refractivity contribution < 1.29 is 24.5 Å². The fraction of sp³-hybridized carbons (Fsp3) is 0.481. The summed E-state index contributed by atoms with van der Waals surface area (Å²) in [6, 6.07) is 17.9. The molecule has 1 saturated heterocycles. The first-order chi connectivity index (χ1) is 16.8. The third-order valence-electron chi connectivity index (χ3n) is 7.59. The largest absolute Gasteiger partial charge is 0.488 e. The Morgan fingerprint density at radius 2 is 1.71 bits per heavy atom. The Morgan fingerprint density at radius 1 is 1.06 bits per heavy atom. The number of likely N-dealkylation sites (tertiary alicyclic amines) is 1. The van der Waals surface area contributed by atoms with Crippen molar-refractivity contribution >= 4 is 12.1 Å². The number of hydrogen-bond donors (Lipinski definition) is 3. The molecule has 2 aromatic rings. The summed E-state index contributed by atoms with van der Waals surface area (Å²) in [5, 5.41) is 22.2. The zero-order valence-corrected chi connectivity index (χ0v) is 20.4. The Hall–Kier alpha value is -3.10. The lowest BCUT2D eigenvalue weighted by Gasteiger charge is -2.45. The summed E-state index contributed by atoms with van der Waals surface area (Å²) < 4.78 is 5.88. The maximum absolute atomic E-state index is 11.3. The highest BCUT2D eigenvalue weighted by Gasteiger charge is 2.41. The van der Waals surface area contributed by atoms with Crippen LogP contribution in [0, 0.1) is 0 Å².